The number of primary amides is 1. The Morgan fingerprint density at radius 1 is 1.25 bits per heavy atom. The number of amides is 2. The molecule has 130 valence electrons. The van der Waals surface area contributed by atoms with Crippen LogP contribution in [0.5, 0.6) is 11.5 Å². The van der Waals surface area contributed by atoms with E-state index in [1.165, 1.54) is 0 Å². The van der Waals surface area contributed by atoms with Gasteiger partial charge in [-0.05, 0) is 43.0 Å². The fraction of sp³-hybridized carbons (Fsp3) is 0.444. The van der Waals surface area contributed by atoms with Gasteiger partial charge in [-0.3, -0.25) is 9.59 Å². The number of methoxy groups -OCH3 is 2. The number of carbonyl (C=O) groups is 2. The fourth-order valence-corrected chi connectivity index (χ4v) is 2.88. The molecule has 0 bridgehead atoms. The summed E-state index contributed by atoms with van der Waals surface area (Å²) >= 11 is 0. The Kier molecular flexibility index (Phi) is 6.23. The second-order valence-corrected chi connectivity index (χ2v) is 5.88. The zero-order valence-corrected chi connectivity index (χ0v) is 14.2. The Balaban J connectivity index is 1.97. The Morgan fingerprint density at radius 3 is 2.54 bits per heavy atom. The maximum atomic E-state index is 12.3. The number of hydrogen-bond acceptors (Lipinski definition) is 4. The van der Waals surface area contributed by atoms with Crippen molar-refractivity contribution in [2.75, 3.05) is 27.3 Å². The van der Waals surface area contributed by atoms with Gasteiger partial charge in [-0.1, -0.05) is 0 Å². The largest absolute Gasteiger partial charge is 0.497 e. The molecule has 0 aliphatic carbocycles. The van der Waals surface area contributed by atoms with Crippen molar-refractivity contribution in [1.82, 2.24) is 4.90 Å². The number of likely N-dealkylation sites (tertiary alicyclic amines) is 1. The lowest BCUT2D eigenvalue weighted by Crippen LogP contribution is -2.38. The van der Waals surface area contributed by atoms with Crippen LogP contribution in [0, 0.1) is 5.92 Å². The van der Waals surface area contributed by atoms with E-state index in [0.29, 0.717) is 31.0 Å². The van der Waals surface area contributed by atoms with Gasteiger partial charge < -0.3 is 20.1 Å². The molecule has 2 N–H and O–H groups in total. The van der Waals surface area contributed by atoms with Crippen molar-refractivity contribution in [3.05, 3.63) is 29.8 Å². The van der Waals surface area contributed by atoms with Crippen LogP contribution in [0.1, 0.15) is 24.8 Å². The van der Waals surface area contributed by atoms with Crippen molar-refractivity contribution < 1.29 is 19.1 Å². The molecule has 1 aromatic carbocycles. The quantitative estimate of drug-likeness (QED) is 0.806. The van der Waals surface area contributed by atoms with Crippen LogP contribution >= 0.6 is 0 Å². The van der Waals surface area contributed by atoms with Gasteiger partial charge in [0, 0.05) is 31.1 Å². The van der Waals surface area contributed by atoms with E-state index in [1.807, 2.05) is 12.1 Å². The van der Waals surface area contributed by atoms with E-state index in [4.69, 9.17) is 15.2 Å². The highest BCUT2D eigenvalue weighted by molar-refractivity contribution is 5.92. The number of rotatable bonds is 6. The van der Waals surface area contributed by atoms with Crippen molar-refractivity contribution in [3.8, 4) is 11.5 Å². The van der Waals surface area contributed by atoms with Crippen LogP contribution in [0.25, 0.3) is 6.08 Å². The number of ether oxygens (including phenoxy) is 2. The second kappa shape index (κ2) is 8.38. The monoisotopic (exact) mass is 332 g/mol. The standard InChI is InChI=1S/C18H24N2O4/c1-23-15-4-5-16(24-2)14(12-15)3-6-18(22)20-9-7-13(8-10-20)11-17(19)21/h3-6,12-13H,7-11H2,1-2H3,(H2,19,21)/b6-3+. The summed E-state index contributed by atoms with van der Waals surface area (Å²) in [6, 6.07) is 5.43. The number of piperidine rings is 1. The van der Waals surface area contributed by atoms with Crippen LogP contribution in [0.3, 0.4) is 0 Å². The van der Waals surface area contributed by atoms with Crippen LogP contribution in [0.2, 0.25) is 0 Å². The highest BCUT2D eigenvalue weighted by Gasteiger charge is 2.22. The molecule has 2 rings (SSSR count). The van der Waals surface area contributed by atoms with E-state index in [2.05, 4.69) is 0 Å². The topological polar surface area (TPSA) is 81.9 Å². The fourth-order valence-electron chi connectivity index (χ4n) is 2.88. The third-order valence-electron chi connectivity index (χ3n) is 4.26. The molecule has 24 heavy (non-hydrogen) atoms. The van der Waals surface area contributed by atoms with E-state index in [-0.39, 0.29) is 17.7 Å². The molecule has 1 saturated heterocycles. The molecule has 1 heterocycles. The summed E-state index contributed by atoms with van der Waals surface area (Å²) in [6.45, 7) is 1.30. The molecular formula is C18H24N2O4. The SMILES string of the molecule is COc1ccc(OC)c(/C=C/C(=O)N2CCC(CC(N)=O)CC2)c1. The molecule has 1 aliphatic heterocycles. The van der Waals surface area contributed by atoms with Gasteiger partial charge in [-0.25, -0.2) is 0 Å². The van der Waals surface area contributed by atoms with E-state index >= 15 is 0 Å². The second-order valence-electron chi connectivity index (χ2n) is 5.88. The molecule has 2 amide bonds. The first-order valence-electron chi connectivity index (χ1n) is 8.00. The van der Waals surface area contributed by atoms with Gasteiger partial charge in [0.25, 0.3) is 0 Å². The third-order valence-corrected chi connectivity index (χ3v) is 4.26. The Hall–Kier alpha value is -2.50. The van der Waals surface area contributed by atoms with Crippen molar-refractivity contribution in [2.24, 2.45) is 11.7 Å². The van der Waals surface area contributed by atoms with Crippen LogP contribution in [0.4, 0.5) is 0 Å². The van der Waals surface area contributed by atoms with Crippen LogP contribution in [0.15, 0.2) is 24.3 Å². The number of benzene rings is 1. The van der Waals surface area contributed by atoms with Gasteiger partial charge in [-0.15, -0.1) is 0 Å². The lowest BCUT2D eigenvalue weighted by Gasteiger charge is -2.30. The van der Waals surface area contributed by atoms with Gasteiger partial charge >= 0.3 is 0 Å². The van der Waals surface area contributed by atoms with Gasteiger partial charge in [0.1, 0.15) is 11.5 Å². The normalized spacial score (nSPS) is 15.5. The number of hydrogen-bond donors (Lipinski definition) is 1. The van der Waals surface area contributed by atoms with E-state index < -0.39 is 0 Å². The summed E-state index contributed by atoms with van der Waals surface area (Å²) in [4.78, 5) is 25.1. The molecular weight excluding hydrogens is 308 g/mol. The first-order chi connectivity index (χ1) is 11.5. The van der Waals surface area contributed by atoms with Crippen molar-refractivity contribution in [2.45, 2.75) is 19.3 Å². The molecule has 0 atom stereocenters. The van der Waals surface area contributed by atoms with Crippen molar-refractivity contribution in [3.63, 3.8) is 0 Å². The van der Waals surface area contributed by atoms with Gasteiger partial charge in [0.05, 0.1) is 14.2 Å². The molecule has 1 aromatic rings. The summed E-state index contributed by atoms with van der Waals surface area (Å²) in [5.41, 5.74) is 6.01. The predicted octanol–water partition coefficient (Wildman–Crippen LogP) is 1.83. The molecule has 0 radical (unpaired) electrons. The zero-order chi connectivity index (χ0) is 17.5. The summed E-state index contributed by atoms with van der Waals surface area (Å²) in [5, 5.41) is 0. The lowest BCUT2D eigenvalue weighted by molar-refractivity contribution is -0.127. The summed E-state index contributed by atoms with van der Waals surface area (Å²) < 4.78 is 10.5. The molecule has 1 aliphatic rings. The van der Waals surface area contributed by atoms with Crippen molar-refractivity contribution >= 4 is 17.9 Å². The lowest BCUT2D eigenvalue weighted by atomic mass is 9.93. The molecule has 1 fully saturated rings. The van der Waals surface area contributed by atoms with Crippen LogP contribution < -0.4 is 15.2 Å². The van der Waals surface area contributed by atoms with E-state index in [0.717, 1.165) is 18.4 Å². The summed E-state index contributed by atoms with van der Waals surface area (Å²) in [5.74, 6) is 1.35. The first kappa shape index (κ1) is 17.8. The van der Waals surface area contributed by atoms with Gasteiger partial charge in [0.15, 0.2) is 0 Å². The average Bonchev–Trinajstić information content (AvgIpc) is 2.59. The maximum Gasteiger partial charge on any atom is 0.246 e. The zero-order valence-electron chi connectivity index (χ0n) is 14.2. The van der Waals surface area contributed by atoms with Crippen LogP contribution in [-0.4, -0.2) is 44.0 Å². The van der Waals surface area contributed by atoms with E-state index in [1.54, 1.807) is 37.3 Å². The number of nitrogens with zero attached hydrogens (tertiary/aromatic N) is 1. The average molecular weight is 332 g/mol. The Bertz CT molecular complexity index is 619. The van der Waals surface area contributed by atoms with Gasteiger partial charge in [0.2, 0.25) is 11.8 Å². The Morgan fingerprint density at radius 2 is 1.96 bits per heavy atom. The highest BCUT2D eigenvalue weighted by Crippen LogP contribution is 2.25. The predicted molar refractivity (Wildman–Crippen MR) is 91.7 cm³/mol. The minimum atomic E-state index is -0.273. The molecule has 0 spiro atoms. The Labute approximate surface area is 142 Å². The maximum absolute atomic E-state index is 12.3. The first-order valence-corrected chi connectivity index (χ1v) is 8.00. The van der Waals surface area contributed by atoms with Crippen molar-refractivity contribution in [1.29, 1.82) is 0 Å². The summed E-state index contributed by atoms with van der Waals surface area (Å²) in [6.07, 6.45) is 5.31. The highest BCUT2D eigenvalue weighted by atomic mass is 16.5. The molecule has 0 aromatic heterocycles. The smallest absolute Gasteiger partial charge is 0.246 e. The molecule has 6 nitrogen and oxygen atoms in total. The minimum absolute atomic E-state index is 0.0441. The summed E-state index contributed by atoms with van der Waals surface area (Å²) in [7, 11) is 3.18. The number of nitrogens with two attached hydrogens (primary N) is 1. The molecule has 0 saturated carbocycles. The van der Waals surface area contributed by atoms with E-state index in [9.17, 15) is 9.59 Å². The van der Waals surface area contributed by atoms with Crippen LogP contribution in [-0.2, 0) is 9.59 Å². The van der Waals surface area contributed by atoms with Gasteiger partial charge in [-0.2, -0.15) is 0 Å². The third kappa shape index (κ3) is 4.75. The minimum Gasteiger partial charge on any atom is -0.497 e. The molecule has 0 unspecified atom stereocenters. The number of carbonyl (C=O) groups excluding carboxylic acids is 2. The molecule has 6 heteroatoms.